The zero-order chi connectivity index (χ0) is 26.6. The number of ether oxygens (including phenoxy) is 2. The molecule has 5 aromatic carbocycles. The van der Waals surface area contributed by atoms with E-state index in [-0.39, 0.29) is 0 Å². The van der Waals surface area contributed by atoms with E-state index in [0.29, 0.717) is 5.56 Å². The van der Waals surface area contributed by atoms with Crippen molar-refractivity contribution in [3.05, 3.63) is 137 Å². The molecule has 0 saturated heterocycles. The molecule has 1 heterocycles. The third kappa shape index (κ3) is 3.68. The zero-order valence-corrected chi connectivity index (χ0v) is 22.1. The highest BCUT2D eigenvalue weighted by atomic mass is 19.1. The van der Waals surface area contributed by atoms with Gasteiger partial charge in [0.25, 0.3) is 0 Å². The summed E-state index contributed by atoms with van der Waals surface area (Å²) in [4.78, 5) is 0. The largest absolute Gasteiger partial charge is 0.497 e. The topological polar surface area (TPSA) is 18.5 Å². The molecule has 2 nitrogen and oxygen atoms in total. The van der Waals surface area contributed by atoms with E-state index < -0.39 is 11.8 Å². The van der Waals surface area contributed by atoms with Crippen molar-refractivity contribution in [2.45, 2.75) is 31.5 Å². The summed E-state index contributed by atoms with van der Waals surface area (Å²) in [5, 5.41) is 2.44. The zero-order valence-electron chi connectivity index (χ0n) is 22.1. The fourth-order valence-electron chi connectivity index (χ4n) is 6.27. The molecule has 39 heavy (non-hydrogen) atoms. The molecule has 2 atom stereocenters. The van der Waals surface area contributed by atoms with Gasteiger partial charge in [0.2, 0.25) is 0 Å². The molecule has 192 valence electrons. The van der Waals surface area contributed by atoms with Gasteiger partial charge < -0.3 is 9.47 Å². The Hall–Kier alpha value is -4.37. The van der Waals surface area contributed by atoms with Gasteiger partial charge in [-0.25, -0.2) is 4.39 Å². The number of methoxy groups -OCH3 is 1. The minimum absolute atomic E-state index is 0.656. The molecule has 2 aliphatic rings. The Morgan fingerprint density at radius 2 is 1.46 bits per heavy atom. The molecule has 5 aromatic rings. The maximum absolute atomic E-state index is 14.1. The second-order valence-corrected chi connectivity index (χ2v) is 10.4. The van der Waals surface area contributed by atoms with Crippen LogP contribution in [0.5, 0.6) is 11.5 Å². The van der Waals surface area contributed by atoms with Gasteiger partial charge in [-0.3, -0.25) is 0 Å². The van der Waals surface area contributed by atoms with Gasteiger partial charge in [-0.15, -0.1) is 0 Å². The SMILES string of the molecule is COc1ccc(C2(c3ccc(C(C)F)cc3)C=Cc3c(c4c(c5ccccc35)-c3ccccc3CC4)O2)cc1. The Morgan fingerprint density at radius 3 is 2.18 bits per heavy atom. The Morgan fingerprint density at radius 1 is 0.795 bits per heavy atom. The first-order valence-corrected chi connectivity index (χ1v) is 13.5. The Balaban J connectivity index is 1.49. The Labute approximate surface area is 228 Å². The highest BCUT2D eigenvalue weighted by molar-refractivity contribution is 6.06. The fourth-order valence-corrected chi connectivity index (χ4v) is 6.27. The van der Waals surface area contributed by atoms with Crippen molar-refractivity contribution in [3.63, 3.8) is 0 Å². The number of benzene rings is 5. The highest BCUT2D eigenvalue weighted by Gasteiger charge is 2.39. The normalized spacial score (nSPS) is 18.0. The molecule has 1 aliphatic heterocycles. The van der Waals surface area contributed by atoms with Crippen LogP contribution >= 0.6 is 0 Å². The van der Waals surface area contributed by atoms with Gasteiger partial charge >= 0.3 is 0 Å². The lowest BCUT2D eigenvalue weighted by molar-refractivity contribution is 0.159. The first kappa shape index (κ1) is 23.7. The van der Waals surface area contributed by atoms with Gasteiger partial charge in [0.05, 0.1) is 7.11 Å². The average molecular weight is 513 g/mol. The number of rotatable bonds is 4. The molecular formula is C36H29FO2. The van der Waals surface area contributed by atoms with Crippen LogP contribution in [-0.2, 0) is 18.4 Å². The van der Waals surface area contributed by atoms with Crippen molar-refractivity contribution in [1.29, 1.82) is 0 Å². The second-order valence-electron chi connectivity index (χ2n) is 10.4. The number of hydrogen-bond donors (Lipinski definition) is 0. The summed E-state index contributed by atoms with van der Waals surface area (Å²) in [5.74, 6) is 1.72. The number of hydrogen-bond acceptors (Lipinski definition) is 2. The van der Waals surface area contributed by atoms with Crippen molar-refractivity contribution >= 4 is 16.8 Å². The predicted octanol–water partition coefficient (Wildman–Crippen LogP) is 8.99. The first-order valence-electron chi connectivity index (χ1n) is 13.5. The molecule has 0 amide bonds. The number of fused-ring (bicyclic) bond motifs is 8. The van der Waals surface area contributed by atoms with E-state index in [1.807, 2.05) is 36.4 Å². The maximum Gasteiger partial charge on any atom is 0.178 e. The molecule has 0 N–H and O–H groups in total. The van der Waals surface area contributed by atoms with Gasteiger partial charge in [0, 0.05) is 22.3 Å². The van der Waals surface area contributed by atoms with Crippen LogP contribution in [0.15, 0.2) is 103 Å². The van der Waals surface area contributed by atoms with Gasteiger partial charge in [-0.1, -0.05) is 84.9 Å². The third-order valence-corrected chi connectivity index (χ3v) is 8.30. The van der Waals surface area contributed by atoms with E-state index in [1.54, 1.807) is 14.0 Å². The number of halogens is 1. The molecule has 0 saturated carbocycles. The summed E-state index contributed by atoms with van der Waals surface area (Å²) < 4.78 is 26.8. The number of alkyl halides is 1. The van der Waals surface area contributed by atoms with Crippen molar-refractivity contribution in [3.8, 4) is 22.6 Å². The predicted molar refractivity (Wildman–Crippen MR) is 156 cm³/mol. The molecule has 3 heteroatoms. The van der Waals surface area contributed by atoms with Crippen molar-refractivity contribution in [2.24, 2.45) is 0 Å². The molecule has 0 spiro atoms. The molecule has 0 radical (unpaired) electrons. The van der Waals surface area contributed by atoms with Gasteiger partial charge in [0.15, 0.2) is 5.60 Å². The summed E-state index contributed by atoms with van der Waals surface area (Å²) in [6, 6.07) is 33.1. The highest BCUT2D eigenvalue weighted by Crippen LogP contribution is 2.51. The quantitative estimate of drug-likeness (QED) is 0.239. The molecule has 0 bridgehead atoms. The van der Waals surface area contributed by atoms with Crippen LogP contribution in [0.3, 0.4) is 0 Å². The van der Waals surface area contributed by atoms with Crippen LogP contribution in [-0.4, -0.2) is 7.11 Å². The van der Waals surface area contributed by atoms with Gasteiger partial charge in [-0.05, 0) is 77.1 Å². The molecule has 7 rings (SSSR count). The van der Waals surface area contributed by atoms with Crippen molar-refractivity contribution in [2.75, 3.05) is 7.11 Å². The van der Waals surface area contributed by atoms with Crippen LogP contribution in [0, 0.1) is 0 Å². The molecule has 0 aromatic heterocycles. The minimum Gasteiger partial charge on any atom is -0.497 e. The van der Waals surface area contributed by atoms with E-state index in [9.17, 15) is 4.39 Å². The van der Waals surface area contributed by atoms with E-state index in [0.717, 1.165) is 41.0 Å². The van der Waals surface area contributed by atoms with Crippen molar-refractivity contribution in [1.82, 2.24) is 0 Å². The average Bonchev–Trinajstić information content (AvgIpc) is 3.00. The molecule has 0 fully saturated rings. The molecule has 1 aliphatic carbocycles. The van der Waals surface area contributed by atoms with Gasteiger partial charge in [0.1, 0.15) is 17.7 Å². The third-order valence-electron chi connectivity index (χ3n) is 8.30. The summed E-state index contributed by atoms with van der Waals surface area (Å²) in [6.07, 6.45) is 5.22. The van der Waals surface area contributed by atoms with E-state index >= 15 is 0 Å². The summed E-state index contributed by atoms with van der Waals surface area (Å²) in [6.45, 7) is 1.57. The van der Waals surface area contributed by atoms with Crippen LogP contribution in [0.2, 0.25) is 0 Å². The van der Waals surface area contributed by atoms with Crippen molar-refractivity contribution < 1.29 is 13.9 Å². The smallest absolute Gasteiger partial charge is 0.178 e. The van der Waals surface area contributed by atoms with Gasteiger partial charge in [-0.2, -0.15) is 0 Å². The monoisotopic (exact) mass is 512 g/mol. The lowest BCUT2D eigenvalue weighted by Gasteiger charge is -2.39. The lowest BCUT2D eigenvalue weighted by Crippen LogP contribution is -2.35. The molecular weight excluding hydrogens is 483 g/mol. The Bertz CT molecular complexity index is 1730. The van der Waals surface area contributed by atoms with Crippen LogP contribution < -0.4 is 9.47 Å². The van der Waals surface area contributed by atoms with E-state index in [1.165, 1.54) is 33.0 Å². The summed E-state index contributed by atoms with van der Waals surface area (Å²) in [5.41, 5.74) is 8.02. The lowest BCUT2D eigenvalue weighted by atomic mass is 9.78. The number of aryl methyl sites for hydroxylation is 1. The maximum atomic E-state index is 14.1. The van der Waals surface area contributed by atoms with Crippen LogP contribution in [0.4, 0.5) is 4.39 Å². The summed E-state index contributed by atoms with van der Waals surface area (Å²) >= 11 is 0. The minimum atomic E-state index is -1.03. The van der Waals surface area contributed by atoms with E-state index in [2.05, 4.69) is 72.8 Å². The standard InChI is InChI=1S/C36H29FO2/c1-23(37)24-11-14-26(15-12-24)36(27-16-18-28(38-2)19-17-27)22-21-32-30-9-5-6-10-31(30)34-29-8-4-3-7-25(29)13-20-33(34)35(32)39-36/h3-12,14-19,21-23H,13,20H2,1-2H3. The Kier molecular flexibility index (Phi) is 5.55. The summed E-state index contributed by atoms with van der Waals surface area (Å²) in [7, 11) is 1.67. The van der Waals surface area contributed by atoms with Crippen LogP contribution in [0.25, 0.3) is 28.0 Å². The van der Waals surface area contributed by atoms with Crippen LogP contribution in [0.1, 0.15) is 46.5 Å². The second kappa shape index (κ2) is 9.13. The first-order chi connectivity index (χ1) is 19.1. The van der Waals surface area contributed by atoms with E-state index in [4.69, 9.17) is 9.47 Å². The fraction of sp³-hybridized carbons (Fsp3) is 0.167. The molecule has 2 unspecified atom stereocenters.